The van der Waals surface area contributed by atoms with Gasteiger partial charge in [-0.05, 0) is 45.7 Å². The quantitative estimate of drug-likeness (QED) is 0.723. The number of rotatable bonds is 6. The number of β-amino-alcohol motifs (C(OH)–C–C–N with tert-alkyl or cyclic N) is 1. The molecule has 3 heteroatoms. The highest BCUT2D eigenvalue weighted by Crippen LogP contribution is 2.16. The molecule has 1 aliphatic rings. The van der Waals surface area contributed by atoms with Gasteiger partial charge in [-0.3, -0.25) is 0 Å². The number of hydrogen-bond donors (Lipinski definition) is 1. The maximum atomic E-state index is 9.93. The van der Waals surface area contributed by atoms with Crippen LogP contribution in [0.15, 0.2) is 12.7 Å². The van der Waals surface area contributed by atoms with Gasteiger partial charge in [-0.15, -0.1) is 6.58 Å². The number of aliphatic hydroxyl groups is 1. The van der Waals surface area contributed by atoms with Crippen LogP contribution in [0.2, 0.25) is 0 Å². The summed E-state index contributed by atoms with van der Waals surface area (Å²) in [7, 11) is 0. The first-order valence-electron chi connectivity index (χ1n) is 6.61. The van der Waals surface area contributed by atoms with Crippen LogP contribution in [-0.4, -0.2) is 48.0 Å². The first kappa shape index (κ1) is 14.7. The number of likely N-dealkylation sites (tertiary alicyclic amines) is 1. The highest BCUT2D eigenvalue weighted by Gasteiger charge is 2.20. The van der Waals surface area contributed by atoms with Crippen LogP contribution < -0.4 is 0 Å². The van der Waals surface area contributed by atoms with Crippen LogP contribution >= 0.6 is 0 Å². The second-order valence-corrected chi connectivity index (χ2v) is 5.76. The number of nitrogens with zero attached hydrogens (tertiary/aromatic N) is 1. The molecule has 1 saturated heterocycles. The van der Waals surface area contributed by atoms with Crippen molar-refractivity contribution in [3.63, 3.8) is 0 Å². The highest BCUT2D eigenvalue weighted by atomic mass is 16.5. The van der Waals surface area contributed by atoms with Crippen molar-refractivity contribution in [2.75, 3.05) is 26.2 Å². The molecule has 1 aliphatic heterocycles. The van der Waals surface area contributed by atoms with Crippen molar-refractivity contribution in [2.24, 2.45) is 5.92 Å². The van der Waals surface area contributed by atoms with Gasteiger partial charge in [-0.2, -0.15) is 0 Å². The van der Waals surface area contributed by atoms with Crippen LogP contribution in [0.4, 0.5) is 0 Å². The smallest absolute Gasteiger partial charge is 0.0900 e. The summed E-state index contributed by atoms with van der Waals surface area (Å²) < 4.78 is 5.61. The fourth-order valence-corrected chi connectivity index (χ4v) is 1.97. The Balaban J connectivity index is 2.21. The van der Waals surface area contributed by atoms with Crippen LogP contribution in [0.1, 0.15) is 33.6 Å². The summed E-state index contributed by atoms with van der Waals surface area (Å²) in [5.74, 6) is 0.833. The van der Waals surface area contributed by atoms with E-state index in [-0.39, 0.29) is 5.60 Å². The van der Waals surface area contributed by atoms with Crippen LogP contribution in [0.5, 0.6) is 0 Å². The lowest BCUT2D eigenvalue weighted by molar-refractivity contribution is -0.0437. The molecule has 1 rings (SSSR count). The molecule has 1 atom stereocenters. The summed E-state index contributed by atoms with van der Waals surface area (Å²) >= 11 is 0. The molecule has 0 radical (unpaired) electrons. The normalized spacial score (nSPS) is 21.4. The molecule has 0 aliphatic carbocycles. The van der Waals surface area contributed by atoms with Gasteiger partial charge in [0.2, 0.25) is 0 Å². The second-order valence-electron chi connectivity index (χ2n) is 5.76. The Hall–Kier alpha value is -0.380. The van der Waals surface area contributed by atoms with Gasteiger partial charge < -0.3 is 14.7 Å². The van der Waals surface area contributed by atoms with Gasteiger partial charge >= 0.3 is 0 Å². The Morgan fingerprint density at radius 1 is 1.47 bits per heavy atom. The largest absolute Gasteiger partial charge is 0.389 e. The van der Waals surface area contributed by atoms with Crippen LogP contribution in [-0.2, 0) is 4.74 Å². The van der Waals surface area contributed by atoms with Crippen molar-refractivity contribution in [1.29, 1.82) is 0 Å². The fourth-order valence-electron chi connectivity index (χ4n) is 1.97. The highest BCUT2D eigenvalue weighted by molar-refractivity contribution is 4.89. The van der Waals surface area contributed by atoms with Crippen molar-refractivity contribution in [2.45, 2.75) is 45.3 Å². The van der Waals surface area contributed by atoms with Gasteiger partial charge in [-0.25, -0.2) is 0 Å². The van der Waals surface area contributed by atoms with Crippen molar-refractivity contribution in [1.82, 2.24) is 4.90 Å². The molecule has 0 saturated carbocycles. The summed E-state index contributed by atoms with van der Waals surface area (Å²) in [6.07, 6.45) is 3.85. The molecule has 1 N–H and O–H groups in total. The van der Waals surface area contributed by atoms with Gasteiger partial charge in [0.25, 0.3) is 0 Å². The van der Waals surface area contributed by atoms with Gasteiger partial charge in [0.05, 0.1) is 18.3 Å². The zero-order chi connectivity index (χ0) is 12.9. The molecule has 0 bridgehead atoms. The Morgan fingerprint density at radius 3 is 2.59 bits per heavy atom. The topological polar surface area (TPSA) is 32.7 Å². The monoisotopic (exact) mass is 241 g/mol. The average molecular weight is 241 g/mol. The molecule has 17 heavy (non-hydrogen) atoms. The molecule has 0 aromatic rings. The van der Waals surface area contributed by atoms with Crippen molar-refractivity contribution >= 4 is 0 Å². The summed E-state index contributed by atoms with van der Waals surface area (Å²) in [6.45, 7) is 13.2. The predicted molar refractivity (Wildman–Crippen MR) is 71.1 cm³/mol. The van der Waals surface area contributed by atoms with E-state index < -0.39 is 6.10 Å². The molecule has 1 unspecified atom stereocenters. The molecule has 0 spiro atoms. The standard InChI is InChI=1S/C14H27NO2/c1-5-14(3,4)17-11-13(16)10-15-8-6-12(2)7-9-15/h5,12-13,16H,1,6-11H2,2-4H3. The molecular weight excluding hydrogens is 214 g/mol. The van der Waals surface area contributed by atoms with Gasteiger partial charge in [0.15, 0.2) is 0 Å². The molecular formula is C14H27NO2. The van der Waals surface area contributed by atoms with E-state index >= 15 is 0 Å². The van der Waals surface area contributed by atoms with E-state index in [9.17, 15) is 5.11 Å². The Labute approximate surface area is 105 Å². The van der Waals surface area contributed by atoms with Crippen molar-refractivity contribution in [3.05, 3.63) is 12.7 Å². The van der Waals surface area contributed by atoms with Crippen molar-refractivity contribution < 1.29 is 9.84 Å². The van der Waals surface area contributed by atoms with Crippen LogP contribution in [0.3, 0.4) is 0 Å². The van der Waals surface area contributed by atoms with E-state index in [0.717, 1.165) is 25.6 Å². The Kier molecular flexibility index (Phi) is 5.63. The summed E-state index contributed by atoms with van der Waals surface area (Å²) in [6, 6.07) is 0. The molecule has 1 heterocycles. The summed E-state index contributed by atoms with van der Waals surface area (Å²) in [5, 5.41) is 9.93. The SMILES string of the molecule is C=CC(C)(C)OCC(O)CN1CCC(C)CC1. The van der Waals surface area contributed by atoms with E-state index in [4.69, 9.17) is 4.74 Å². The van der Waals surface area contributed by atoms with E-state index in [1.165, 1.54) is 12.8 Å². The first-order valence-corrected chi connectivity index (χ1v) is 6.61. The maximum Gasteiger partial charge on any atom is 0.0900 e. The van der Waals surface area contributed by atoms with Crippen molar-refractivity contribution in [3.8, 4) is 0 Å². The zero-order valence-corrected chi connectivity index (χ0v) is 11.5. The summed E-state index contributed by atoms with van der Waals surface area (Å²) in [5.41, 5.74) is -0.350. The number of piperidine rings is 1. The lowest BCUT2D eigenvalue weighted by Crippen LogP contribution is -2.40. The van der Waals surface area contributed by atoms with Crippen LogP contribution in [0.25, 0.3) is 0 Å². The molecule has 0 amide bonds. The third-order valence-electron chi connectivity index (χ3n) is 3.48. The Bertz CT molecular complexity index is 232. The lowest BCUT2D eigenvalue weighted by atomic mass is 9.99. The molecule has 0 aromatic carbocycles. The van der Waals surface area contributed by atoms with E-state index in [2.05, 4.69) is 18.4 Å². The van der Waals surface area contributed by atoms with Gasteiger partial charge in [-0.1, -0.05) is 13.0 Å². The molecule has 1 fully saturated rings. The number of hydrogen-bond acceptors (Lipinski definition) is 3. The Morgan fingerprint density at radius 2 is 2.06 bits per heavy atom. The first-order chi connectivity index (χ1) is 7.93. The lowest BCUT2D eigenvalue weighted by Gasteiger charge is -2.32. The van der Waals surface area contributed by atoms with Gasteiger partial charge in [0, 0.05) is 6.54 Å². The third kappa shape index (κ3) is 5.66. The summed E-state index contributed by atoms with van der Waals surface area (Å²) in [4.78, 5) is 2.33. The minimum Gasteiger partial charge on any atom is -0.389 e. The number of ether oxygens (including phenoxy) is 1. The fraction of sp³-hybridized carbons (Fsp3) is 0.857. The minimum atomic E-state index is -0.400. The zero-order valence-electron chi connectivity index (χ0n) is 11.5. The minimum absolute atomic E-state index is 0.350. The predicted octanol–water partition coefficient (Wildman–Crippen LogP) is 2.06. The second kappa shape index (κ2) is 6.53. The average Bonchev–Trinajstić information content (AvgIpc) is 2.30. The van der Waals surface area contributed by atoms with Gasteiger partial charge in [0.1, 0.15) is 0 Å². The third-order valence-corrected chi connectivity index (χ3v) is 3.48. The molecule has 3 nitrogen and oxygen atoms in total. The van der Waals surface area contributed by atoms with Crippen LogP contribution in [0, 0.1) is 5.92 Å². The maximum absolute atomic E-state index is 9.93. The van der Waals surface area contributed by atoms with E-state index in [1.807, 2.05) is 13.8 Å². The van der Waals surface area contributed by atoms with E-state index in [1.54, 1.807) is 6.08 Å². The number of aliphatic hydroxyl groups excluding tert-OH is 1. The van der Waals surface area contributed by atoms with E-state index in [0.29, 0.717) is 6.61 Å². The molecule has 0 aromatic heterocycles. The molecule has 100 valence electrons.